The van der Waals surface area contributed by atoms with Crippen LogP contribution in [0, 0.1) is 6.92 Å². The van der Waals surface area contributed by atoms with E-state index in [0.29, 0.717) is 6.04 Å². The molecule has 0 spiro atoms. The lowest BCUT2D eigenvalue weighted by Gasteiger charge is -2.29. The molecule has 1 N–H and O–H groups in total. The normalized spacial score (nSPS) is 16.3. The number of aliphatic imine (C=N–C) groups is 1. The van der Waals surface area contributed by atoms with E-state index in [1.54, 1.807) is 11.3 Å². The fraction of sp³-hybridized carbons (Fsp3) is 0.556. The highest BCUT2D eigenvalue weighted by molar-refractivity contribution is 14.0. The molecule has 1 aliphatic rings. The van der Waals surface area contributed by atoms with E-state index in [1.807, 2.05) is 25.3 Å². The van der Waals surface area contributed by atoms with Crippen molar-refractivity contribution in [3.05, 3.63) is 38.5 Å². The summed E-state index contributed by atoms with van der Waals surface area (Å²) < 4.78 is 0. The Labute approximate surface area is 181 Å². The third-order valence-electron chi connectivity index (χ3n) is 4.55. The van der Waals surface area contributed by atoms with Crippen molar-refractivity contribution in [1.82, 2.24) is 20.1 Å². The molecule has 1 atom stereocenters. The summed E-state index contributed by atoms with van der Waals surface area (Å²) in [7, 11) is 3.92. The molecule has 8 heteroatoms. The molecule has 3 rings (SSSR count). The average Bonchev–Trinajstić information content (AvgIpc) is 3.35. The number of hydrogen-bond donors (Lipinski definition) is 1. The standard InChI is InChI=1S/C18H27N5S2.HI/c1-14-21-15(13-25-14)12-22(3)18(19-2)20-11-16(17-7-6-10-24-17)23-8-4-5-9-23;/h6-7,10,13,16H,4-5,8-9,11-12H2,1-3H3,(H,19,20);1H. The van der Waals surface area contributed by atoms with Crippen LogP contribution in [0.1, 0.15) is 34.5 Å². The van der Waals surface area contributed by atoms with Crippen molar-refractivity contribution in [3.8, 4) is 0 Å². The van der Waals surface area contributed by atoms with Crippen LogP contribution < -0.4 is 5.32 Å². The molecule has 144 valence electrons. The number of hydrogen-bond acceptors (Lipinski definition) is 5. The minimum Gasteiger partial charge on any atom is -0.354 e. The molecule has 0 aliphatic carbocycles. The van der Waals surface area contributed by atoms with Gasteiger partial charge in [-0.15, -0.1) is 46.7 Å². The van der Waals surface area contributed by atoms with Gasteiger partial charge in [-0.1, -0.05) is 6.07 Å². The number of thiophene rings is 1. The van der Waals surface area contributed by atoms with Gasteiger partial charge in [0.1, 0.15) is 0 Å². The summed E-state index contributed by atoms with van der Waals surface area (Å²) in [5, 5.41) is 8.98. The number of thiazole rings is 1. The second kappa shape index (κ2) is 10.6. The summed E-state index contributed by atoms with van der Waals surface area (Å²) in [5.74, 6) is 0.923. The molecule has 0 saturated carbocycles. The van der Waals surface area contributed by atoms with Gasteiger partial charge in [0.05, 0.1) is 23.3 Å². The number of likely N-dealkylation sites (tertiary alicyclic amines) is 1. The van der Waals surface area contributed by atoms with Crippen molar-refractivity contribution in [2.45, 2.75) is 32.4 Å². The molecule has 1 saturated heterocycles. The second-order valence-corrected chi connectivity index (χ2v) is 8.46. The number of aromatic nitrogens is 1. The molecule has 0 radical (unpaired) electrons. The Morgan fingerprint density at radius 1 is 1.38 bits per heavy atom. The van der Waals surface area contributed by atoms with E-state index in [1.165, 1.54) is 30.8 Å². The van der Waals surface area contributed by atoms with E-state index in [0.717, 1.165) is 29.8 Å². The molecule has 0 amide bonds. The molecule has 1 aliphatic heterocycles. The molecule has 26 heavy (non-hydrogen) atoms. The Morgan fingerprint density at radius 3 is 2.73 bits per heavy atom. The molecule has 1 fully saturated rings. The Kier molecular flexibility index (Phi) is 8.78. The van der Waals surface area contributed by atoms with Crippen molar-refractivity contribution in [3.63, 3.8) is 0 Å². The molecular formula is C18H28IN5S2. The lowest BCUT2D eigenvalue weighted by Crippen LogP contribution is -2.43. The quantitative estimate of drug-likeness (QED) is 0.367. The number of halogens is 1. The molecular weight excluding hydrogens is 477 g/mol. The first kappa shape index (κ1) is 21.6. The molecule has 3 heterocycles. The predicted molar refractivity (Wildman–Crippen MR) is 123 cm³/mol. The summed E-state index contributed by atoms with van der Waals surface area (Å²) in [6, 6.07) is 4.82. The minimum atomic E-state index is 0. The van der Waals surface area contributed by atoms with Crippen LogP contribution in [0.5, 0.6) is 0 Å². The average molecular weight is 505 g/mol. The van der Waals surface area contributed by atoms with Gasteiger partial charge in [0.15, 0.2) is 5.96 Å². The molecule has 0 bridgehead atoms. The van der Waals surface area contributed by atoms with Gasteiger partial charge in [0, 0.05) is 30.9 Å². The Hall–Kier alpha value is -0.710. The minimum absolute atomic E-state index is 0. The van der Waals surface area contributed by atoms with Crippen molar-refractivity contribution in [2.24, 2.45) is 4.99 Å². The summed E-state index contributed by atoms with van der Waals surface area (Å²) in [4.78, 5) is 15.2. The third-order valence-corrected chi connectivity index (χ3v) is 6.34. The molecule has 0 aromatic carbocycles. The topological polar surface area (TPSA) is 43.8 Å². The van der Waals surface area contributed by atoms with E-state index < -0.39 is 0 Å². The van der Waals surface area contributed by atoms with E-state index in [4.69, 9.17) is 0 Å². The number of nitrogens with one attached hydrogen (secondary N) is 1. The van der Waals surface area contributed by atoms with Crippen LogP contribution in [0.4, 0.5) is 0 Å². The largest absolute Gasteiger partial charge is 0.354 e. The van der Waals surface area contributed by atoms with Crippen LogP contribution in [0.3, 0.4) is 0 Å². The summed E-state index contributed by atoms with van der Waals surface area (Å²) in [6.45, 7) is 6.08. The van der Waals surface area contributed by atoms with Crippen LogP contribution in [0.15, 0.2) is 27.9 Å². The highest BCUT2D eigenvalue weighted by Crippen LogP contribution is 2.27. The van der Waals surface area contributed by atoms with Crippen LogP contribution in [-0.4, -0.2) is 54.5 Å². The van der Waals surface area contributed by atoms with Gasteiger partial charge in [-0.25, -0.2) is 4.98 Å². The van der Waals surface area contributed by atoms with Crippen LogP contribution in [-0.2, 0) is 6.54 Å². The SMILES string of the molecule is CN=C(NCC(c1cccs1)N1CCCC1)N(C)Cc1csc(C)n1.I. The van der Waals surface area contributed by atoms with Crippen LogP contribution in [0.25, 0.3) is 0 Å². The van der Waals surface area contributed by atoms with Crippen molar-refractivity contribution in [1.29, 1.82) is 0 Å². The smallest absolute Gasteiger partial charge is 0.193 e. The van der Waals surface area contributed by atoms with Gasteiger partial charge >= 0.3 is 0 Å². The van der Waals surface area contributed by atoms with Crippen molar-refractivity contribution in [2.75, 3.05) is 33.7 Å². The van der Waals surface area contributed by atoms with Crippen molar-refractivity contribution < 1.29 is 0 Å². The molecule has 1 unspecified atom stereocenters. The van der Waals surface area contributed by atoms with Gasteiger partial charge in [-0.2, -0.15) is 0 Å². The molecule has 2 aromatic rings. The Bertz CT molecular complexity index is 680. The first-order valence-electron chi connectivity index (χ1n) is 8.77. The predicted octanol–water partition coefficient (Wildman–Crippen LogP) is 3.98. The van der Waals surface area contributed by atoms with Gasteiger partial charge in [-0.3, -0.25) is 9.89 Å². The summed E-state index contributed by atoms with van der Waals surface area (Å²) in [5.41, 5.74) is 1.10. The van der Waals surface area contributed by atoms with E-state index >= 15 is 0 Å². The maximum atomic E-state index is 4.55. The maximum absolute atomic E-state index is 4.55. The number of guanidine groups is 1. The van der Waals surface area contributed by atoms with E-state index in [-0.39, 0.29) is 24.0 Å². The first-order chi connectivity index (χ1) is 12.2. The summed E-state index contributed by atoms with van der Waals surface area (Å²) >= 11 is 3.54. The Balaban J connectivity index is 0.00000243. The highest BCUT2D eigenvalue weighted by Gasteiger charge is 2.24. The Morgan fingerprint density at radius 2 is 2.15 bits per heavy atom. The number of aryl methyl sites for hydroxylation is 1. The fourth-order valence-electron chi connectivity index (χ4n) is 3.32. The lowest BCUT2D eigenvalue weighted by atomic mass is 10.2. The highest BCUT2D eigenvalue weighted by atomic mass is 127. The van der Waals surface area contributed by atoms with E-state index in [9.17, 15) is 0 Å². The molecule has 2 aromatic heterocycles. The van der Waals surface area contributed by atoms with Gasteiger partial charge in [0.25, 0.3) is 0 Å². The summed E-state index contributed by atoms with van der Waals surface area (Å²) in [6.07, 6.45) is 2.61. The number of rotatable bonds is 6. The fourth-order valence-corrected chi connectivity index (χ4v) is 4.78. The zero-order valence-corrected chi connectivity index (χ0v) is 19.6. The zero-order chi connectivity index (χ0) is 17.6. The maximum Gasteiger partial charge on any atom is 0.193 e. The monoisotopic (exact) mass is 505 g/mol. The molecule has 5 nitrogen and oxygen atoms in total. The van der Waals surface area contributed by atoms with Crippen LogP contribution >= 0.6 is 46.7 Å². The van der Waals surface area contributed by atoms with Crippen LogP contribution in [0.2, 0.25) is 0 Å². The van der Waals surface area contributed by atoms with Gasteiger partial charge < -0.3 is 10.2 Å². The van der Waals surface area contributed by atoms with Gasteiger partial charge in [-0.05, 0) is 44.3 Å². The number of nitrogens with zero attached hydrogens (tertiary/aromatic N) is 4. The van der Waals surface area contributed by atoms with Gasteiger partial charge in [0.2, 0.25) is 0 Å². The first-order valence-corrected chi connectivity index (χ1v) is 10.5. The third kappa shape index (κ3) is 5.64. The van der Waals surface area contributed by atoms with Crippen molar-refractivity contribution >= 4 is 52.6 Å². The zero-order valence-electron chi connectivity index (χ0n) is 15.6. The lowest BCUT2D eigenvalue weighted by molar-refractivity contribution is 0.247. The second-order valence-electron chi connectivity index (χ2n) is 6.42. The van der Waals surface area contributed by atoms with E-state index in [2.05, 4.69) is 55.0 Å².